The van der Waals surface area contributed by atoms with Gasteiger partial charge in [0.15, 0.2) is 0 Å². The molecule has 1 aromatic rings. The fraction of sp³-hybridized carbons (Fsp3) is 0.800. The molecule has 0 spiro atoms. The van der Waals surface area contributed by atoms with Crippen LogP contribution in [0.25, 0.3) is 0 Å². The van der Waals surface area contributed by atoms with Crippen molar-refractivity contribution >= 4 is 0 Å². The molecule has 1 fully saturated rings. The van der Waals surface area contributed by atoms with Gasteiger partial charge in [-0.25, -0.2) is 0 Å². The topological polar surface area (TPSA) is 29.9 Å². The first-order valence-corrected chi connectivity index (χ1v) is 7.54. The standard InChI is InChI=1S/C15H27N3/c1-3-11-16-15(14-10-12-17-18(14)2)13-8-6-4-5-7-9-13/h10,12-13,15-16H,3-9,11H2,1-2H3. The largest absolute Gasteiger partial charge is 0.308 e. The van der Waals surface area contributed by atoms with Crippen molar-refractivity contribution in [2.75, 3.05) is 6.54 Å². The third kappa shape index (κ3) is 3.35. The Kier molecular flexibility index (Phi) is 5.24. The summed E-state index contributed by atoms with van der Waals surface area (Å²) >= 11 is 0. The molecule has 102 valence electrons. The summed E-state index contributed by atoms with van der Waals surface area (Å²) in [6, 6.07) is 2.67. The second kappa shape index (κ2) is 6.93. The van der Waals surface area contributed by atoms with Crippen LogP contribution in [0.2, 0.25) is 0 Å². The van der Waals surface area contributed by atoms with Crippen molar-refractivity contribution in [3.63, 3.8) is 0 Å². The number of aryl methyl sites for hydroxylation is 1. The summed E-state index contributed by atoms with van der Waals surface area (Å²) < 4.78 is 2.04. The van der Waals surface area contributed by atoms with Crippen molar-refractivity contribution in [2.45, 2.75) is 57.9 Å². The van der Waals surface area contributed by atoms with Crippen LogP contribution in [0, 0.1) is 5.92 Å². The molecule has 1 heterocycles. The van der Waals surface area contributed by atoms with Gasteiger partial charge in [-0.15, -0.1) is 0 Å². The molecular weight excluding hydrogens is 222 g/mol. The Bertz CT molecular complexity index is 337. The molecular formula is C15H27N3. The lowest BCUT2D eigenvalue weighted by Gasteiger charge is -2.27. The van der Waals surface area contributed by atoms with Gasteiger partial charge in [0.1, 0.15) is 0 Å². The Labute approximate surface area is 111 Å². The van der Waals surface area contributed by atoms with E-state index in [1.165, 1.54) is 50.6 Å². The molecule has 18 heavy (non-hydrogen) atoms. The molecule has 1 aromatic heterocycles. The van der Waals surface area contributed by atoms with Gasteiger partial charge in [-0.3, -0.25) is 4.68 Å². The lowest BCUT2D eigenvalue weighted by atomic mass is 9.89. The second-order valence-electron chi connectivity index (χ2n) is 5.56. The lowest BCUT2D eigenvalue weighted by Crippen LogP contribution is -2.30. The average Bonchev–Trinajstić information content (AvgIpc) is 2.65. The van der Waals surface area contributed by atoms with Crippen LogP contribution in [-0.4, -0.2) is 16.3 Å². The zero-order valence-electron chi connectivity index (χ0n) is 11.9. The van der Waals surface area contributed by atoms with Crippen LogP contribution in [-0.2, 0) is 7.05 Å². The molecule has 3 heteroatoms. The van der Waals surface area contributed by atoms with Gasteiger partial charge in [0, 0.05) is 13.2 Å². The van der Waals surface area contributed by atoms with E-state index in [2.05, 4.69) is 30.5 Å². The van der Waals surface area contributed by atoms with Gasteiger partial charge in [0.25, 0.3) is 0 Å². The number of rotatable bonds is 5. The van der Waals surface area contributed by atoms with Crippen molar-refractivity contribution in [1.29, 1.82) is 0 Å². The van der Waals surface area contributed by atoms with E-state index < -0.39 is 0 Å². The molecule has 1 unspecified atom stereocenters. The Morgan fingerprint density at radius 3 is 2.61 bits per heavy atom. The summed E-state index contributed by atoms with van der Waals surface area (Å²) in [6.07, 6.45) is 11.5. The molecule has 1 aliphatic rings. The number of aromatic nitrogens is 2. The molecule has 1 atom stereocenters. The van der Waals surface area contributed by atoms with Crippen LogP contribution >= 0.6 is 0 Å². The number of hydrogen-bond acceptors (Lipinski definition) is 2. The molecule has 3 nitrogen and oxygen atoms in total. The minimum Gasteiger partial charge on any atom is -0.308 e. The summed E-state index contributed by atoms with van der Waals surface area (Å²) in [7, 11) is 2.06. The Morgan fingerprint density at radius 1 is 1.33 bits per heavy atom. The van der Waals surface area contributed by atoms with Crippen molar-refractivity contribution in [3.05, 3.63) is 18.0 Å². The van der Waals surface area contributed by atoms with Crippen LogP contribution in [0.4, 0.5) is 0 Å². The predicted molar refractivity (Wildman–Crippen MR) is 75.4 cm³/mol. The van der Waals surface area contributed by atoms with E-state index in [0.717, 1.165) is 12.5 Å². The van der Waals surface area contributed by atoms with Crippen molar-refractivity contribution in [2.24, 2.45) is 13.0 Å². The maximum atomic E-state index is 4.34. The van der Waals surface area contributed by atoms with E-state index in [-0.39, 0.29) is 0 Å². The van der Waals surface area contributed by atoms with E-state index in [9.17, 15) is 0 Å². The number of nitrogens with one attached hydrogen (secondary N) is 1. The van der Waals surface area contributed by atoms with Crippen molar-refractivity contribution in [3.8, 4) is 0 Å². The number of nitrogens with zero attached hydrogens (tertiary/aromatic N) is 2. The maximum absolute atomic E-state index is 4.34. The molecule has 0 aliphatic heterocycles. The Morgan fingerprint density at radius 2 is 2.06 bits per heavy atom. The highest BCUT2D eigenvalue weighted by Gasteiger charge is 2.25. The molecule has 2 rings (SSSR count). The molecule has 1 saturated carbocycles. The smallest absolute Gasteiger partial charge is 0.0553 e. The normalized spacial score (nSPS) is 19.7. The molecule has 0 saturated heterocycles. The van der Waals surface area contributed by atoms with E-state index in [1.54, 1.807) is 0 Å². The van der Waals surface area contributed by atoms with Gasteiger partial charge in [0.05, 0.1) is 11.7 Å². The highest BCUT2D eigenvalue weighted by molar-refractivity contribution is 5.08. The first-order valence-electron chi connectivity index (χ1n) is 7.54. The summed E-state index contributed by atoms with van der Waals surface area (Å²) in [6.45, 7) is 3.34. The van der Waals surface area contributed by atoms with Crippen LogP contribution in [0.1, 0.15) is 63.6 Å². The second-order valence-corrected chi connectivity index (χ2v) is 5.56. The quantitative estimate of drug-likeness (QED) is 0.810. The molecule has 1 aliphatic carbocycles. The maximum Gasteiger partial charge on any atom is 0.0553 e. The highest BCUT2D eigenvalue weighted by Crippen LogP contribution is 2.33. The van der Waals surface area contributed by atoms with E-state index in [1.807, 2.05) is 10.9 Å². The van der Waals surface area contributed by atoms with Gasteiger partial charge in [-0.1, -0.05) is 32.6 Å². The first-order chi connectivity index (χ1) is 8.83. The third-order valence-electron chi connectivity index (χ3n) is 4.16. The SMILES string of the molecule is CCCNC(c1ccnn1C)C1CCCCCC1. The number of hydrogen-bond donors (Lipinski definition) is 1. The van der Waals surface area contributed by atoms with Crippen LogP contribution in [0.15, 0.2) is 12.3 Å². The lowest BCUT2D eigenvalue weighted by molar-refractivity contribution is 0.312. The van der Waals surface area contributed by atoms with Gasteiger partial charge < -0.3 is 5.32 Å². The third-order valence-corrected chi connectivity index (χ3v) is 4.16. The van der Waals surface area contributed by atoms with Gasteiger partial charge in [-0.05, 0) is 37.8 Å². The molecule has 0 amide bonds. The van der Waals surface area contributed by atoms with Gasteiger partial charge in [-0.2, -0.15) is 5.10 Å². The predicted octanol–water partition coefficient (Wildman–Crippen LogP) is 3.43. The van der Waals surface area contributed by atoms with E-state index >= 15 is 0 Å². The summed E-state index contributed by atoms with van der Waals surface area (Å²) in [5, 5.41) is 8.09. The fourth-order valence-electron chi connectivity index (χ4n) is 3.15. The Balaban J connectivity index is 2.10. The van der Waals surface area contributed by atoms with E-state index in [0.29, 0.717) is 6.04 Å². The fourth-order valence-corrected chi connectivity index (χ4v) is 3.15. The van der Waals surface area contributed by atoms with Crippen LogP contribution in [0.5, 0.6) is 0 Å². The van der Waals surface area contributed by atoms with Gasteiger partial charge >= 0.3 is 0 Å². The summed E-state index contributed by atoms with van der Waals surface area (Å²) in [5.74, 6) is 0.787. The Hall–Kier alpha value is -0.830. The summed E-state index contributed by atoms with van der Waals surface area (Å²) in [4.78, 5) is 0. The van der Waals surface area contributed by atoms with Crippen LogP contribution < -0.4 is 5.32 Å². The van der Waals surface area contributed by atoms with Crippen LogP contribution in [0.3, 0.4) is 0 Å². The highest BCUT2D eigenvalue weighted by atomic mass is 15.3. The minimum absolute atomic E-state index is 0.496. The van der Waals surface area contributed by atoms with Gasteiger partial charge in [0.2, 0.25) is 0 Å². The monoisotopic (exact) mass is 249 g/mol. The summed E-state index contributed by atoms with van der Waals surface area (Å²) in [5.41, 5.74) is 1.36. The molecule has 1 N–H and O–H groups in total. The molecule has 0 radical (unpaired) electrons. The molecule has 0 bridgehead atoms. The first kappa shape index (κ1) is 13.6. The van der Waals surface area contributed by atoms with Crippen molar-refractivity contribution < 1.29 is 0 Å². The molecule has 0 aromatic carbocycles. The van der Waals surface area contributed by atoms with E-state index in [4.69, 9.17) is 0 Å². The minimum atomic E-state index is 0.496. The zero-order chi connectivity index (χ0) is 12.8. The van der Waals surface area contributed by atoms with Crippen molar-refractivity contribution in [1.82, 2.24) is 15.1 Å². The average molecular weight is 249 g/mol. The zero-order valence-corrected chi connectivity index (χ0v) is 11.9.